The van der Waals surface area contributed by atoms with Crippen LogP contribution in [0.3, 0.4) is 0 Å². The lowest BCUT2D eigenvalue weighted by Crippen LogP contribution is -2.34. The van der Waals surface area contributed by atoms with Gasteiger partial charge in [-0.15, -0.1) is 0 Å². The van der Waals surface area contributed by atoms with Crippen molar-refractivity contribution in [2.24, 2.45) is 0 Å². The number of rotatable bonds is 8. The minimum atomic E-state index is -0.408. The van der Waals surface area contributed by atoms with Crippen LogP contribution < -0.4 is 10.1 Å². The van der Waals surface area contributed by atoms with Gasteiger partial charge in [0.25, 0.3) is 0 Å². The van der Waals surface area contributed by atoms with E-state index in [0.29, 0.717) is 13.2 Å². The maximum Gasteiger partial charge on any atom is 0.249 e. The number of carbonyl (C=O) groups excluding carboxylic acids is 1. The molecule has 1 heterocycles. The van der Waals surface area contributed by atoms with Gasteiger partial charge in [-0.05, 0) is 47.7 Å². The Morgan fingerprint density at radius 1 is 1.19 bits per heavy atom. The highest BCUT2D eigenvalue weighted by atomic mass is 16.5. The third kappa shape index (κ3) is 4.64. The summed E-state index contributed by atoms with van der Waals surface area (Å²) < 4.78 is 11.1. The third-order valence-electron chi connectivity index (χ3n) is 4.68. The number of hydrogen-bond acceptors (Lipinski definition) is 3. The second kappa shape index (κ2) is 8.86. The van der Waals surface area contributed by atoms with Crippen LogP contribution in [-0.2, 0) is 22.5 Å². The summed E-state index contributed by atoms with van der Waals surface area (Å²) in [4.78, 5) is 12.1. The molecule has 0 spiro atoms. The van der Waals surface area contributed by atoms with Crippen LogP contribution in [0, 0.1) is 0 Å². The summed E-state index contributed by atoms with van der Waals surface area (Å²) in [6.45, 7) is 5.82. The van der Waals surface area contributed by atoms with Crippen molar-refractivity contribution >= 4 is 5.91 Å². The number of hydrogen-bond donors (Lipinski definition) is 1. The molecule has 4 nitrogen and oxygen atoms in total. The zero-order chi connectivity index (χ0) is 18.4. The first kappa shape index (κ1) is 18.5. The molecule has 0 aromatic heterocycles. The monoisotopic (exact) mass is 353 g/mol. The summed E-state index contributed by atoms with van der Waals surface area (Å²) >= 11 is 0. The Morgan fingerprint density at radius 3 is 2.73 bits per heavy atom. The Kier molecular flexibility index (Phi) is 6.29. The molecule has 1 unspecified atom stereocenters. The molecule has 1 amide bonds. The van der Waals surface area contributed by atoms with E-state index in [1.54, 1.807) is 6.92 Å². The first-order valence-corrected chi connectivity index (χ1v) is 9.41. The van der Waals surface area contributed by atoms with E-state index in [-0.39, 0.29) is 5.91 Å². The lowest BCUT2D eigenvalue weighted by molar-refractivity contribution is -0.131. The number of ether oxygens (including phenoxy) is 2. The summed E-state index contributed by atoms with van der Waals surface area (Å²) in [5.41, 5.74) is 4.72. The highest BCUT2D eigenvalue weighted by molar-refractivity contribution is 5.80. The molecular formula is C22H27NO3. The number of nitrogens with one attached hydrogen (secondary N) is 1. The molecule has 2 aromatic rings. The molecule has 0 aliphatic carbocycles. The van der Waals surface area contributed by atoms with Gasteiger partial charge in [-0.2, -0.15) is 0 Å². The quantitative estimate of drug-likeness (QED) is 0.727. The van der Waals surface area contributed by atoms with Gasteiger partial charge < -0.3 is 14.8 Å². The largest absolute Gasteiger partial charge is 0.493 e. The predicted octanol–water partition coefficient (Wildman–Crippen LogP) is 4.11. The molecule has 0 radical (unpaired) electrons. The van der Waals surface area contributed by atoms with E-state index < -0.39 is 6.10 Å². The molecule has 3 rings (SSSR count). The van der Waals surface area contributed by atoms with Crippen LogP contribution >= 0.6 is 0 Å². The molecule has 1 aliphatic heterocycles. The van der Waals surface area contributed by atoms with E-state index >= 15 is 0 Å². The average molecular weight is 353 g/mol. The first-order chi connectivity index (χ1) is 12.7. The van der Waals surface area contributed by atoms with Crippen molar-refractivity contribution in [1.29, 1.82) is 0 Å². The summed E-state index contributed by atoms with van der Waals surface area (Å²) in [5.74, 6) is 0.937. The second-order valence-corrected chi connectivity index (χ2v) is 6.70. The van der Waals surface area contributed by atoms with Crippen molar-refractivity contribution in [3.05, 3.63) is 53.6 Å². The number of carbonyl (C=O) groups is 1. The van der Waals surface area contributed by atoms with Crippen molar-refractivity contribution in [2.75, 3.05) is 13.2 Å². The number of unbranched alkanes of at least 4 members (excludes halogenated alkanes) is 1. The Balaban J connectivity index is 1.54. The molecule has 138 valence electrons. The van der Waals surface area contributed by atoms with Crippen molar-refractivity contribution in [3.63, 3.8) is 0 Å². The summed E-state index contributed by atoms with van der Waals surface area (Å²) in [7, 11) is 0. The van der Waals surface area contributed by atoms with E-state index in [0.717, 1.165) is 37.2 Å². The van der Waals surface area contributed by atoms with Crippen molar-refractivity contribution < 1.29 is 14.3 Å². The van der Waals surface area contributed by atoms with Crippen LogP contribution in [0.2, 0.25) is 0 Å². The fraction of sp³-hybridized carbons (Fsp3) is 0.409. The molecule has 0 fully saturated rings. The van der Waals surface area contributed by atoms with Gasteiger partial charge in [0.05, 0.1) is 6.61 Å². The minimum absolute atomic E-state index is 0.0659. The number of fused-ring (bicyclic) bond motifs is 1. The highest BCUT2D eigenvalue weighted by Crippen LogP contribution is 2.30. The first-order valence-electron chi connectivity index (χ1n) is 9.41. The summed E-state index contributed by atoms with van der Waals surface area (Å²) in [5, 5.41) is 2.94. The fourth-order valence-corrected chi connectivity index (χ4v) is 2.99. The van der Waals surface area contributed by atoms with Gasteiger partial charge in [0.1, 0.15) is 11.9 Å². The molecule has 0 saturated carbocycles. The molecule has 4 heteroatoms. The predicted molar refractivity (Wildman–Crippen MR) is 103 cm³/mol. The van der Waals surface area contributed by atoms with E-state index in [1.165, 1.54) is 16.7 Å². The van der Waals surface area contributed by atoms with Crippen LogP contribution in [-0.4, -0.2) is 25.2 Å². The molecule has 26 heavy (non-hydrogen) atoms. The molecule has 2 aromatic carbocycles. The molecule has 1 atom stereocenters. The molecular weight excluding hydrogens is 326 g/mol. The Labute approximate surface area is 155 Å². The SMILES string of the molecule is CCCCOC(C)C(=O)NCc1ccc(-c2ccc3c(c2)CCO3)cc1. The van der Waals surface area contributed by atoms with Gasteiger partial charge in [0.15, 0.2) is 0 Å². The summed E-state index contributed by atoms with van der Waals surface area (Å²) in [6.07, 6.45) is 2.62. The third-order valence-corrected chi connectivity index (χ3v) is 4.68. The standard InChI is InChI=1S/C22H27NO3/c1-3-4-12-25-16(2)22(24)23-15-17-5-7-18(8-6-17)19-9-10-21-20(14-19)11-13-26-21/h5-10,14,16H,3-4,11-13,15H2,1-2H3,(H,23,24). The van der Waals surface area contributed by atoms with Gasteiger partial charge in [-0.3, -0.25) is 4.79 Å². The zero-order valence-corrected chi connectivity index (χ0v) is 15.6. The van der Waals surface area contributed by atoms with Gasteiger partial charge in [0, 0.05) is 19.6 Å². The van der Waals surface area contributed by atoms with Gasteiger partial charge in [-0.1, -0.05) is 43.7 Å². The van der Waals surface area contributed by atoms with E-state index in [1.807, 2.05) is 6.07 Å². The van der Waals surface area contributed by atoms with Crippen molar-refractivity contribution in [1.82, 2.24) is 5.32 Å². The number of amides is 1. The maximum atomic E-state index is 12.1. The van der Waals surface area contributed by atoms with Crippen LogP contribution in [0.4, 0.5) is 0 Å². The smallest absolute Gasteiger partial charge is 0.249 e. The Morgan fingerprint density at radius 2 is 1.96 bits per heavy atom. The van der Waals surface area contributed by atoms with Crippen LogP contribution in [0.5, 0.6) is 5.75 Å². The number of benzene rings is 2. The second-order valence-electron chi connectivity index (χ2n) is 6.70. The zero-order valence-electron chi connectivity index (χ0n) is 15.6. The Hall–Kier alpha value is -2.33. The van der Waals surface area contributed by atoms with Gasteiger partial charge >= 0.3 is 0 Å². The summed E-state index contributed by atoms with van der Waals surface area (Å²) in [6, 6.07) is 14.7. The normalized spacial score (nSPS) is 13.8. The lowest BCUT2D eigenvalue weighted by atomic mass is 10.0. The van der Waals surface area contributed by atoms with Crippen LogP contribution in [0.15, 0.2) is 42.5 Å². The average Bonchev–Trinajstić information content (AvgIpc) is 3.14. The van der Waals surface area contributed by atoms with Gasteiger partial charge in [0.2, 0.25) is 5.91 Å². The van der Waals surface area contributed by atoms with E-state index in [4.69, 9.17) is 9.47 Å². The highest BCUT2D eigenvalue weighted by Gasteiger charge is 2.14. The fourth-order valence-electron chi connectivity index (χ4n) is 2.99. The van der Waals surface area contributed by atoms with Crippen molar-refractivity contribution in [3.8, 4) is 16.9 Å². The maximum absolute atomic E-state index is 12.1. The lowest BCUT2D eigenvalue weighted by Gasteiger charge is -2.13. The van der Waals surface area contributed by atoms with Crippen molar-refractivity contribution in [2.45, 2.75) is 45.8 Å². The van der Waals surface area contributed by atoms with Crippen LogP contribution in [0.1, 0.15) is 37.8 Å². The molecule has 1 aliphatic rings. The molecule has 1 N–H and O–H groups in total. The van der Waals surface area contributed by atoms with Crippen LogP contribution in [0.25, 0.3) is 11.1 Å². The topological polar surface area (TPSA) is 47.6 Å². The minimum Gasteiger partial charge on any atom is -0.493 e. The molecule has 0 saturated heterocycles. The molecule has 0 bridgehead atoms. The van der Waals surface area contributed by atoms with Gasteiger partial charge in [-0.25, -0.2) is 0 Å². The van der Waals surface area contributed by atoms with E-state index in [9.17, 15) is 4.79 Å². The Bertz CT molecular complexity index is 740. The van der Waals surface area contributed by atoms with E-state index in [2.05, 4.69) is 48.6 Å².